The molecule has 0 aromatic heterocycles. The van der Waals surface area contributed by atoms with Gasteiger partial charge in [0.2, 0.25) is 5.60 Å². The predicted molar refractivity (Wildman–Crippen MR) is 147 cm³/mol. The largest absolute Gasteiger partial charge is 0.493 e. The lowest BCUT2D eigenvalue weighted by atomic mass is 9.87. The highest BCUT2D eigenvalue weighted by Crippen LogP contribution is 2.37. The van der Waals surface area contributed by atoms with Crippen LogP contribution in [0.5, 0.6) is 11.5 Å². The van der Waals surface area contributed by atoms with Gasteiger partial charge >= 0.3 is 18.1 Å². The van der Waals surface area contributed by atoms with Crippen molar-refractivity contribution in [2.45, 2.75) is 58.1 Å². The molecule has 0 saturated heterocycles. The van der Waals surface area contributed by atoms with Crippen LogP contribution in [0.25, 0.3) is 0 Å². The number of ether oxygens (including phenoxy) is 5. The van der Waals surface area contributed by atoms with Crippen LogP contribution in [-0.2, 0) is 30.4 Å². The second kappa shape index (κ2) is 15.5. The number of alkyl halides is 3. The van der Waals surface area contributed by atoms with E-state index in [9.17, 15) is 22.8 Å². The second-order valence-corrected chi connectivity index (χ2v) is 8.75. The van der Waals surface area contributed by atoms with Gasteiger partial charge in [0, 0.05) is 6.42 Å². The predicted octanol–water partition coefficient (Wildman–Crippen LogP) is 6.88. The zero-order valence-corrected chi connectivity index (χ0v) is 23.5. The first-order valence-corrected chi connectivity index (χ1v) is 13.0. The van der Waals surface area contributed by atoms with Gasteiger partial charge in [-0.1, -0.05) is 68.1 Å². The van der Waals surface area contributed by atoms with E-state index in [1.54, 1.807) is 44.2 Å². The van der Waals surface area contributed by atoms with Crippen molar-refractivity contribution in [1.29, 1.82) is 0 Å². The molecule has 0 aliphatic heterocycles. The molecule has 2 rings (SSSR count). The lowest BCUT2D eigenvalue weighted by molar-refractivity contribution is -0.217. The molecule has 0 radical (unpaired) electrons. The van der Waals surface area contributed by atoms with E-state index in [0.717, 1.165) is 5.56 Å². The van der Waals surface area contributed by atoms with Gasteiger partial charge in [-0.05, 0) is 49.6 Å². The third kappa shape index (κ3) is 9.44. The van der Waals surface area contributed by atoms with Gasteiger partial charge in [0.25, 0.3) is 0 Å². The highest BCUT2D eigenvalue weighted by atomic mass is 19.4. The van der Waals surface area contributed by atoms with Crippen molar-refractivity contribution in [3.05, 3.63) is 96.3 Å². The van der Waals surface area contributed by atoms with E-state index in [1.165, 1.54) is 26.2 Å². The Balaban J connectivity index is 2.45. The van der Waals surface area contributed by atoms with Gasteiger partial charge in [0.1, 0.15) is 12.4 Å². The third-order valence-corrected chi connectivity index (χ3v) is 6.05. The molecule has 2 aromatic carbocycles. The number of carbonyl (C=O) groups excluding carboxylic acids is 2. The number of methoxy groups -OCH3 is 1. The zero-order valence-electron chi connectivity index (χ0n) is 23.5. The standard InChI is InChI=1S/C31H35F3O7/c1-6-23(19-18-22(4)39-21-24-14-10-9-11-15-24)20-27(40-29(36)31(32,33)34)30(7-2,28(35)38-8-3)41-26-17-13-12-16-25(26)37-5/h6,9-19,27H,4,7-8,20-21H2,1-3,5H3/b19-18-,23-6+. The van der Waals surface area contributed by atoms with E-state index in [0.29, 0.717) is 5.57 Å². The van der Waals surface area contributed by atoms with E-state index in [4.69, 9.17) is 23.7 Å². The number of carbonyl (C=O) groups is 2. The molecule has 2 atom stereocenters. The first kappa shape index (κ1) is 33.0. The molecule has 2 aromatic rings. The SMILES string of the molecule is C=C(/C=C\C(=C/C)CC(OC(=O)C(F)(F)F)C(CC)(Oc1ccccc1OC)C(=O)OCC)OCc1ccccc1. The number of rotatable bonds is 15. The van der Waals surface area contributed by atoms with Crippen molar-refractivity contribution in [2.75, 3.05) is 13.7 Å². The Labute approximate surface area is 238 Å². The Kier molecular flexibility index (Phi) is 12.5. The number of allylic oxidation sites excluding steroid dienone is 3. The summed E-state index contributed by atoms with van der Waals surface area (Å²) in [7, 11) is 1.37. The maximum Gasteiger partial charge on any atom is 0.490 e. The maximum atomic E-state index is 13.4. The van der Waals surface area contributed by atoms with Gasteiger partial charge in [-0.3, -0.25) is 0 Å². The van der Waals surface area contributed by atoms with Crippen LogP contribution in [0.15, 0.2) is 90.7 Å². The van der Waals surface area contributed by atoms with Gasteiger partial charge in [0.05, 0.1) is 13.7 Å². The van der Waals surface area contributed by atoms with Gasteiger partial charge in [-0.2, -0.15) is 13.2 Å². The van der Waals surface area contributed by atoms with Crippen LogP contribution in [0.3, 0.4) is 0 Å². The number of para-hydroxylation sites is 2. The summed E-state index contributed by atoms with van der Waals surface area (Å²) in [5.41, 5.74) is -0.822. The lowest BCUT2D eigenvalue weighted by Crippen LogP contribution is -2.57. The van der Waals surface area contributed by atoms with Crippen molar-refractivity contribution < 1.29 is 46.4 Å². The Hall–Kier alpha value is -4.21. The van der Waals surface area contributed by atoms with Crippen LogP contribution in [-0.4, -0.2) is 43.5 Å². The molecule has 7 nitrogen and oxygen atoms in total. The van der Waals surface area contributed by atoms with Crippen molar-refractivity contribution in [2.24, 2.45) is 0 Å². The Morgan fingerprint density at radius 1 is 0.927 bits per heavy atom. The number of hydrogen-bond acceptors (Lipinski definition) is 7. The van der Waals surface area contributed by atoms with Crippen molar-refractivity contribution in [1.82, 2.24) is 0 Å². The van der Waals surface area contributed by atoms with Crippen molar-refractivity contribution >= 4 is 11.9 Å². The van der Waals surface area contributed by atoms with Gasteiger partial charge < -0.3 is 23.7 Å². The molecule has 0 fully saturated rings. The summed E-state index contributed by atoms with van der Waals surface area (Å²) < 4.78 is 67.4. The monoisotopic (exact) mass is 576 g/mol. The molecular formula is C31H35F3O7. The quantitative estimate of drug-likeness (QED) is 0.130. The minimum atomic E-state index is -5.32. The summed E-state index contributed by atoms with van der Waals surface area (Å²) in [5.74, 6) is -2.91. The summed E-state index contributed by atoms with van der Waals surface area (Å²) in [6.07, 6.45) is -2.92. The molecular weight excluding hydrogens is 541 g/mol. The van der Waals surface area contributed by atoms with Gasteiger partial charge in [-0.25, -0.2) is 9.59 Å². The van der Waals surface area contributed by atoms with Crippen LogP contribution < -0.4 is 9.47 Å². The van der Waals surface area contributed by atoms with Crippen LogP contribution in [0.2, 0.25) is 0 Å². The van der Waals surface area contributed by atoms with Crippen LogP contribution in [0.1, 0.15) is 39.2 Å². The Morgan fingerprint density at radius 2 is 1.56 bits per heavy atom. The minimum absolute atomic E-state index is 0.0539. The molecule has 0 aliphatic carbocycles. The van der Waals surface area contributed by atoms with E-state index >= 15 is 0 Å². The highest BCUT2D eigenvalue weighted by molar-refractivity contribution is 5.83. The van der Waals surface area contributed by atoms with E-state index in [2.05, 4.69) is 6.58 Å². The minimum Gasteiger partial charge on any atom is -0.493 e. The summed E-state index contributed by atoms with van der Waals surface area (Å²) in [6, 6.07) is 15.7. The molecule has 0 saturated carbocycles. The van der Waals surface area contributed by atoms with Crippen molar-refractivity contribution in [3.8, 4) is 11.5 Å². The maximum absolute atomic E-state index is 13.4. The molecule has 0 amide bonds. The number of benzene rings is 2. The Bertz CT molecular complexity index is 1220. The Morgan fingerprint density at radius 3 is 2.12 bits per heavy atom. The fourth-order valence-electron chi connectivity index (χ4n) is 3.83. The van der Waals surface area contributed by atoms with Crippen molar-refractivity contribution in [3.63, 3.8) is 0 Å². The lowest BCUT2D eigenvalue weighted by Gasteiger charge is -2.38. The molecule has 0 N–H and O–H groups in total. The molecule has 222 valence electrons. The van der Waals surface area contributed by atoms with Gasteiger partial charge in [0.15, 0.2) is 17.6 Å². The fraction of sp³-hybridized carbons (Fsp3) is 0.355. The average molecular weight is 577 g/mol. The molecule has 41 heavy (non-hydrogen) atoms. The third-order valence-electron chi connectivity index (χ3n) is 6.05. The van der Waals surface area contributed by atoms with E-state index < -0.39 is 29.8 Å². The number of halogens is 3. The van der Waals surface area contributed by atoms with E-state index in [-0.39, 0.29) is 43.3 Å². The molecule has 10 heteroatoms. The fourth-order valence-corrected chi connectivity index (χ4v) is 3.83. The summed E-state index contributed by atoms with van der Waals surface area (Å²) >= 11 is 0. The van der Waals surface area contributed by atoms with Crippen LogP contribution in [0.4, 0.5) is 13.2 Å². The number of hydrogen-bond donors (Lipinski definition) is 0. The first-order chi connectivity index (χ1) is 19.5. The first-order valence-electron chi connectivity index (χ1n) is 13.0. The molecule has 0 spiro atoms. The molecule has 0 bridgehead atoms. The van der Waals surface area contributed by atoms with Crippen LogP contribution >= 0.6 is 0 Å². The van der Waals surface area contributed by atoms with E-state index in [1.807, 2.05) is 30.3 Å². The highest BCUT2D eigenvalue weighted by Gasteiger charge is 2.54. The summed E-state index contributed by atoms with van der Waals surface area (Å²) in [4.78, 5) is 25.5. The molecule has 0 heterocycles. The smallest absolute Gasteiger partial charge is 0.490 e. The molecule has 0 aliphatic rings. The van der Waals surface area contributed by atoms with Gasteiger partial charge in [-0.15, -0.1) is 0 Å². The number of esters is 2. The second-order valence-electron chi connectivity index (χ2n) is 8.75. The molecule has 2 unspecified atom stereocenters. The average Bonchev–Trinajstić information content (AvgIpc) is 2.96. The summed E-state index contributed by atoms with van der Waals surface area (Å²) in [5, 5.41) is 0. The normalized spacial score (nSPS) is 14.1. The topological polar surface area (TPSA) is 80.3 Å². The zero-order chi connectivity index (χ0) is 30.5. The van der Waals surface area contributed by atoms with Crippen LogP contribution in [0, 0.1) is 0 Å². The summed E-state index contributed by atoms with van der Waals surface area (Å²) in [6.45, 7) is 8.72.